The van der Waals surface area contributed by atoms with Crippen molar-refractivity contribution in [2.24, 2.45) is 0 Å². The van der Waals surface area contributed by atoms with Gasteiger partial charge in [-0.1, -0.05) is 42.5 Å². The van der Waals surface area contributed by atoms with E-state index in [1.807, 2.05) is 24.3 Å². The number of imidazole rings is 1. The highest BCUT2D eigenvalue weighted by molar-refractivity contribution is 6.06. The largest absolute Gasteiger partial charge is 0.382 e. The summed E-state index contributed by atoms with van der Waals surface area (Å²) in [5, 5.41) is 2.33. The quantitative estimate of drug-likeness (QED) is 0.314. The van der Waals surface area contributed by atoms with Crippen molar-refractivity contribution in [2.75, 3.05) is 46.4 Å². The molecule has 0 atom stereocenters. The lowest BCUT2D eigenvalue weighted by molar-refractivity contribution is 0.0665. The first-order valence-electron chi connectivity index (χ1n) is 13.3. The van der Waals surface area contributed by atoms with E-state index in [2.05, 4.69) is 81.7 Å². The van der Waals surface area contributed by atoms with Gasteiger partial charge in [0.1, 0.15) is 0 Å². The first kappa shape index (κ1) is 25.2. The molecule has 5 rings (SSSR count). The van der Waals surface area contributed by atoms with Crippen LogP contribution in [0.3, 0.4) is 0 Å². The average Bonchev–Trinajstić information content (AvgIpc) is 3.50. The number of carbonyl (C=O) groups is 1. The molecular formula is C30H37N5O2. The van der Waals surface area contributed by atoms with Gasteiger partial charge in [-0.25, -0.2) is 4.98 Å². The minimum atomic E-state index is 0.108. The molecule has 0 radical (unpaired) electrons. The SMILES string of the molecule is CCOCCCn1cnc(C)c1Cn1cc(C(=O)N2CCN(C)CC2)c(-c2cccc3ccccc23)c1. The fraction of sp³-hybridized carbons (Fsp3) is 0.400. The van der Waals surface area contributed by atoms with Crippen LogP contribution in [0.25, 0.3) is 21.9 Å². The molecule has 0 N–H and O–H groups in total. The molecule has 7 heteroatoms. The second-order valence-electron chi connectivity index (χ2n) is 9.90. The van der Waals surface area contributed by atoms with Crippen LogP contribution in [-0.4, -0.2) is 76.3 Å². The summed E-state index contributed by atoms with van der Waals surface area (Å²) < 4.78 is 9.90. The molecule has 37 heavy (non-hydrogen) atoms. The molecule has 1 aliphatic heterocycles. The molecule has 0 bridgehead atoms. The van der Waals surface area contributed by atoms with Crippen molar-refractivity contribution >= 4 is 16.7 Å². The van der Waals surface area contributed by atoms with Gasteiger partial charge in [-0.3, -0.25) is 4.79 Å². The maximum atomic E-state index is 13.9. The summed E-state index contributed by atoms with van der Waals surface area (Å²) in [7, 11) is 2.11. The number of likely N-dealkylation sites (N-methyl/N-ethyl adjacent to an activating group) is 1. The van der Waals surface area contributed by atoms with E-state index in [-0.39, 0.29) is 5.91 Å². The van der Waals surface area contributed by atoms with Gasteiger partial charge in [0.05, 0.1) is 29.8 Å². The Morgan fingerprint density at radius 3 is 2.59 bits per heavy atom. The lowest BCUT2D eigenvalue weighted by atomic mass is 9.97. The summed E-state index contributed by atoms with van der Waals surface area (Å²) in [5.41, 5.74) is 5.02. The number of piperazine rings is 1. The molecule has 0 unspecified atom stereocenters. The van der Waals surface area contributed by atoms with Crippen LogP contribution < -0.4 is 0 Å². The van der Waals surface area contributed by atoms with Gasteiger partial charge >= 0.3 is 0 Å². The molecule has 4 aromatic rings. The van der Waals surface area contributed by atoms with Gasteiger partial charge < -0.3 is 23.7 Å². The molecular weight excluding hydrogens is 462 g/mol. The zero-order valence-corrected chi connectivity index (χ0v) is 22.2. The fourth-order valence-electron chi connectivity index (χ4n) is 5.18. The number of rotatable bonds is 9. The molecule has 2 aromatic carbocycles. The first-order valence-corrected chi connectivity index (χ1v) is 13.3. The van der Waals surface area contributed by atoms with E-state index < -0.39 is 0 Å². The topological polar surface area (TPSA) is 55.5 Å². The number of amides is 1. The minimum Gasteiger partial charge on any atom is -0.382 e. The Morgan fingerprint density at radius 2 is 1.78 bits per heavy atom. The maximum Gasteiger partial charge on any atom is 0.256 e. The Hall–Kier alpha value is -3.42. The minimum absolute atomic E-state index is 0.108. The molecule has 2 aromatic heterocycles. The molecule has 1 amide bonds. The van der Waals surface area contributed by atoms with Crippen LogP contribution in [0.15, 0.2) is 61.2 Å². The second kappa shape index (κ2) is 11.3. The Labute approximate surface area is 219 Å². The molecule has 3 heterocycles. The molecule has 0 saturated carbocycles. The smallest absolute Gasteiger partial charge is 0.256 e. The fourth-order valence-corrected chi connectivity index (χ4v) is 5.18. The molecule has 1 fully saturated rings. The van der Waals surface area contributed by atoms with Gasteiger partial charge in [0.15, 0.2) is 0 Å². The molecule has 7 nitrogen and oxygen atoms in total. The summed E-state index contributed by atoms with van der Waals surface area (Å²) >= 11 is 0. The second-order valence-corrected chi connectivity index (χ2v) is 9.90. The number of ether oxygens (including phenoxy) is 1. The number of aromatic nitrogens is 3. The zero-order chi connectivity index (χ0) is 25.8. The standard InChI is InChI=1S/C30H37N5O2/c1-4-37-18-8-13-35-22-31-23(2)29(35)21-33-19-27(26-12-7-10-24-9-5-6-11-25(24)26)28(20-33)30(36)34-16-14-32(3)15-17-34/h5-7,9-12,19-20,22H,4,8,13-18,21H2,1-3H3. The average molecular weight is 500 g/mol. The predicted octanol–water partition coefficient (Wildman–Crippen LogP) is 4.68. The lowest BCUT2D eigenvalue weighted by Crippen LogP contribution is -2.47. The van der Waals surface area contributed by atoms with E-state index in [1.165, 1.54) is 5.39 Å². The highest BCUT2D eigenvalue weighted by Crippen LogP contribution is 2.33. The summed E-state index contributed by atoms with van der Waals surface area (Å²) in [6.07, 6.45) is 7.04. The number of benzene rings is 2. The van der Waals surface area contributed by atoms with Crippen LogP contribution in [0.2, 0.25) is 0 Å². The van der Waals surface area contributed by atoms with Gasteiger partial charge in [0, 0.05) is 63.9 Å². The van der Waals surface area contributed by atoms with Crippen molar-refractivity contribution in [1.29, 1.82) is 0 Å². The third-order valence-electron chi connectivity index (χ3n) is 7.36. The van der Waals surface area contributed by atoms with Crippen molar-refractivity contribution in [2.45, 2.75) is 33.4 Å². The van der Waals surface area contributed by atoms with Gasteiger partial charge in [-0.05, 0) is 43.7 Å². The Morgan fingerprint density at radius 1 is 1.00 bits per heavy atom. The number of fused-ring (bicyclic) bond motifs is 1. The van der Waals surface area contributed by atoms with E-state index in [0.717, 1.165) is 85.8 Å². The van der Waals surface area contributed by atoms with E-state index in [4.69, 9.17) is 4.74 Å². The van der Waals surface area contributed by atoms with Crippen LogP contribution >= 0.6 is 0 Å². The van der Waals surface area contributed by atoms with Crippen molar-refractivity contribution in [1.82, 2.24) is 23.9 Å². The van der Waals surface area contributed by atoms with E-state index in [1.54, 1.807) is 0 Å². The maximum absolute atomic E-state index is 13.9. The van der Waals surface area contributed by atoms with Crippen molar-refractivity contribution in [3.63, 3.8) is 0 Å². The molecule has 0 spiro atoms. The van der Waals surface area contributed by atoms with E-state index >= 15 is 0 Å². The van der Waals surface area contributed by atoms with Gasteiger partial charge in [-0.2, -0.15) is 0 Å². The predicted molar refractivity (Wildman–Crippen MR) is 148 cm³/mol. The highest BCUT2D eigenvalue weighted by Gasteiger charge is 2.25. The number of aryl methyl sites for hydroxylation is 2. The van der Waals surface area contributed by atoms with Crippen LogP contribution in [0, 0.1) is 6.92 Å². The van der Waals surface area contributed by atoms with E-state index in [0.29, 0.717) is 6.54 Å². The zero-order valence-electron chi connectivity index (χ0n) is 22.2. The van der Waals surface area contributed by atoms with Gasteiger partial charge in [0.2, 0.25) is 0 Å². The van der Waals surface area contributed by atoms with Crippen LogP contribution in [0.1, 0.15) is 35.1 Å². The number of nitrogens with zero attached hydrogens (tertiary/aromatic N) is 5. The summed E-state index contributed by atoms with van der Waals surface area (Å²) in [6, 6.07) is 14.7. The van der Waals surface area contributed by atoms with Crippen LogP contribution in [0.4, 0.5) is 0 Å². The lowest BCUT2D eigenvalue weighted by Gasteiger charge is -2.32. The van der Waals surface area contributed by atoms with E-state index in [9.17, 15) is 4.79 Å². The third-order valence-corrected chi connectivity index (χ3v) is 7.36. The van der Waals surface area contributed by atoms with Crippen molar-refractivity contribution in [3.8, 4) is 11.1 Å². The van der Waals surface area contributed by atoms with Crippen LogP contribution in [-0.2, 0) is 17.8 Å². The number of carbonyl (C=O) groups excluding carboxylic acids is 1. The highest BCUT2D eigenvalue weighted by atomic mass is 16.5. The molecule has 1 saturated heterocycles. The molecule has 1 aliphatic rings. The summed E-state index contributed by atoms with van der Waals surface area (Å²) in [6.45, 7) is 10.4. The number of hydrogen-bond acceptors (Lipinski definition) is 4. The van der Waals surface area contributed by atoms with Crippen molar-refractivity contribution in [3.05, 3.63) is 78.1 Å². The number of hydrogen-bond donors (Lipinski definition) is 0. The summed E-state index contributed by atoms with van der Waals surface area (Å²) in [5.74, 6) is 0.108. The summed E-state index contributed by atoms with van der Waals surface area (Å²) in [4.78, 5) is 22.7. The normalized spacial score (nSPS) is 14.5. The Kier molecular flexibility index (Phi) is 7.72. The Bertz CT molecular complexity index is 1360. The monoisotopic (exact) mass is 499 g/mol. The third kappa shape index (κ3) is 5.48. The van der Waals surface area contributed by atoms with Gasteiger partial charge in [0.25, 0.3) is 5.91 Å². The molecule has 194 valence electrons. The van der Waals surface area contributed by atoms with Gasteiger partial charge in [-0.15, -0.1) is 0 Å². The Balaban J connectivity index is 1.51. The molecule has 0 aliphatic carbocycles. The first-order chi connectivity index (χ1) is 18.0. The van der Waals surface area contributed by atoms with Crippen molar-refractivity contribution < 1.29 is 9.53 Å². The van der Waals surface area contributed by atoms with Crippen LogP contribution in [0.5, 0.6) is 0 Å².